The van der Waals surface area contributed by atoms with Crippen molar-refractivity contribution in [1.82, 2.24) is 0 Å². The molecule has 0 radical (unpaired) electrons. The molecular formula is C28H42O. The molecule has 1 heteroatoms. The van der Waals surface area contributed by atoms with Crippen LogP contribution in [0.4, 0.5) is 0 Å². The standard InChI is InChI=1S/C28H42O/c1-11-19-14-22(18(4)24(16-19)27(5,6)7)21(13-3)23-15-20(12-2)17-25(26(23)29)28(8,9)10/h14-17,21,29H,11-13H2,1-10H3. The van der Waals surface area contributed by atoms with Gasteiger partial charge < -0.3 is 5.11 Å². The van der Waals surface area contributed by atoms with Crippen LogP contribution in [0.15, 0.2) is 24.3 Å². The minimum atomic E-state index is -0.0841. The van der Waals surface area contributed by atoms with Crippen molar-refractivity contribution in [3.05, 3.63) is 63.2 Å². The predicted octanol–water partition coefficient (Wildman–Crippen LogP) is 7.96. The molecule has 0 saturated carbocycles. The topological polar surface area (TPSA) is 20.2 Å². The second-order valence-electron chi connectivity index (χ2n) is 10.6. The molecule has 0 fully saturated rings. The van der Waals surface area contributed by atoms with Crippen molar-refractivity contribution in [2.45, 2.75) is 105 Å². The lowest BCUT2D eigenvalue weighted by atomic mass is 9.75. The molecule has 0 aliphatic carbocycles. The zero-order valence-electron chi connectivity index (χ0n) is 20.5. The third-order valence-electron chi connectivity index (χ3n) is 6.30. The van der Waals surface area contributed by atoms with Gasteiger partial charge in [-0.2, -0.15) is 0 Å². The number of hydrogen-bond acceptors (Lipinski definition) is 1. The second kappa shape index (κ2) is 8.54. The van der Waals surface area contributed by atoms with E-state index in [0.29, 0.717) is 5.75 Å². The first-order chi connectivity index (χ1) is 13.3. The molecule has 1 atom stereocenters. The number of aryl methyl sites for hydroxylation is 2. The normalized spacial score (nSPS) is 13.6. The molecule has 0 spiro atoms. The minimum Gasteiger partial charge on any atom is -0.507 e. The van der Waals surface area contributed by atoms with Gasteiger partial charge in [0.05, 0.1) is 0 Å². The van der Waals surface area contributed by atoms with E-state index in [1.54, 1.807) is 0 Å². The maximum atomic E-state index is 11.4. The molecule has 0 heterocycles. The van der Waals surface area contributed by atoms with Crippen LogP contribution in [0.2, 0.25) is 0 Å². The van der Waals surface area contributed by atoms with Gasteiger partial charge in [0.2, 0.25) is 0 Å². The average Bonchev–Trinajstić information content (AvgIpc) is 2.62. The third-order valence-corrected chi connectivity index (χ3v) is 6.30. The average molecular weight is 395 g/mol. The Bertz CT molecular complexity index is 788. The van der Waals surface area contributed by atoms with Gasteiger partial charge in [0.15, 0.2) is 0 Å². The summed E-state index contributed by atoms with van der Waals surface area (Å²) in [6, 6.07) is 9.21. The molecule has 2 rings (SSSR count). The zero-order chi connectivity index (χ0) is 22.1. The van der Waals surface area contributed by atoms with Crippen LogP contribution in [0.3, 0.4) is 0 Å². The number of rotatable bonds is 5. The van der Waals surface area contributed by atoms with Gasteiger partial charge in [-0.25, -0.2) is 0 Å². The van der Waals surface area contributed by atoms with E-state index in [1.807, 2.05) is 0 Å². The van der Waals surface area contributed by atoms with Crippen LogP contribution < -0.4 is 0 Å². The van der Waals surface area contributed by atoms with Crippen LogP contribution in [-0.2, 0) is 23.7 Å². The van der Waals surface area contributed by atoms with Crippen molar-refractivity contribution in [2.75, 3.05) is 0 Å². The van der Waals surface area contributed by atoms with Crippen molar-refractivity contribution in [2.24, 2.45) is 0 Å². The van der Waals surface area contributed by atoms with Crippen LogP contribution in [-0.4, -0.2) is 5.11 Å². The fraction of sp³-hybridized carbons (Fsp3) is 0.571. The third kappa shape index (κ3) is 4.87. The lowest BCUT2D eigenvalue weighted by Crippen LogP contribution is -2.17. The molecule has 0 aliphatic rings. The maximum absolute atomic E-state index is 11.4. The van der Waals surface area contributed by atoms with E-state index in [9.17, 15) is 5.11 Å². The molecule has 0 saturated heterocycles. The van der Waals surface area contributed by atoms with Crippen molar-refractivity contribution in [3.8, 4) is 5.75 Å². The summed E-state index contributed by atoms with van der Waals surface area (Å²) in [5.41, 5.74) is 9.04. The van der Waals surface area contributed by atoms with Gasteiger partial charge in [-0.1, -0.05) is 86.6 Å². The monoisotopic (exact) mass is 394 g/mol. The summed E-state index contributed by atoms with van der Waals surface area (Å²) in [6.45, 7) is 22.4. The molecule has 1 N–H and O–H groups in total. The van der Waals surface area contributed by atoms with E-state index in [0.717, 1.165) is 30.4 Å². The van der Waals surface area contributed by atoms with Crippen LogP contribution >= 0.6 is 0 Å². The molecule has 2 aromatic rings. The Morgan fingerprint density at radius 3 is 1.59 bits per heavy atom. The van der Waals surface area contributed by atoms with E-state index < -0.39 is 0 Å². The van der Waals surface area contributed by atoms with E-state index in [1.165, 1.54) is 27.8 Å². The van der Waals surface area contributed by atoms with E-state index >= 15 is 0 Å². The molecule has 0 aromatic heterocycles. The Kier molecular flexibility index (Phi) is 6.93. The Morgan fingerprint density at radius 1 is 0.724 bits per heavy atom. The van der Waals surface area contributed by atoms with Gasteiger partial charge in [0.25, 0.3) is 0 Å². The van der Waals surface area contributed by atoms with E-state index in [-0.39, 0.29) is 16.7 Å². The number of benzene rings is 2. The first-order valence-electron chi connectivity index (χ1n) is 11.3. The van der Waals surface area contributed by atoms with E-state index in [2.05, 4.69) is 93.5 Å². The quantitative estimate of drug-likeness (QED) is 0.545. The molecule has 0 bridgehead atoms. The summed E-state index contributed by atoms with van der Waals surface area (Å²) in [6.07, 6.45) is 2.98. The number of phenols is 1. The molecule has 160 valence electrons. The molecule has 29 heavy (non-hydrogen) atoms. The molecular weight excluding hydrogens is 352 g/mol. The summed E-state index contributed by atoms with van der Waals surface area (Å²) < 4.78 is 0. The molecule has 0 amide bonds. The smallest absolute Gasteiger partial charge is 0.123 e. The minimum absolute atomic E-state index is 0.0841. The maximum Gasteiger partial charge on any atom is 0.123 e. The summed E-state index contributed by atoms with van der Waals surface area (Å²) >= 11 is 0. The first kappa shape index (κ1) is 23.5. The Labute approximate surface area is 179 Å². The summed E-state index contributed by atoms with van der Waals surface area (Å²) in [4.78, 5) is 0. The Morgan fingerprint density at radius 2 is 1.17 bits per heavy atom. The Hall–Kier alpha value is -1.76. The van der Waals surface area contributed by atoms with Crippen molar-refractivity contribution < 1.29 is 5.11 Å². The highest BCUT2D eigenvalue weighted by molar-refractivity contribution is 5.54. The zero-order valence-corrected chi connectivity index (χ0v) is 20.5. The molecule has 2 aromatic carbocycles. The second-order valence-corrected chi connectivity index (χ2v) is 10.6. The molecule has 1 unspecified atom stereocenters. The SMILES string of the molecule is CCc1cc(C(CC)c2cc(CC)cc(C(C)(C)C)c2O)c(C)c(C(C)(C)C)c1. The van der Waals surface area contributed by atoms with Crippen molar-refractivity contribution in [3.63, 3.8) is 0 Å². The van der Waals surface area contributed by atoms with Crippen LogP contribution in [0.25, 0.3) is 0 Å². The number of phenolic OH excluding ortho intramolecular Hbond substituents is 1. The van der Waals surface area contributed by atoms with E-state index in [4.69, 9.17) is 0 Å². The lowest BCUT2D eigenvalue weighted by Gasteiger charge is -2.30. The summed E-state index contributed by atoms with van der Waals surface area (Å²) in [5.74, 6) is 0.690. The predicted molar refractivity (Wildman–Crippen MR) is 128 cm³/mol. The van der Waals surface area contributed by atoms with Crippen molar-refractivity contribution >= 4 is 0 Å². The highest BCUT2D eigenvalue weighted by Gasteiger charge is 2.27. The molecule has 0 aliphatic heterocycles. The van der Waals surface area contributed by atoms with Gasteiger partial charge in [0.1, 0.15) is 5.75 Å². The largest absolute Gasteiger partial charge is 0.507 e. The van der Waals surface area contributed by atoms with Gasteiger partial charge in [0, 0.05) is 11.5 Å². The number of hydrogen-bond donors (Lipinski definition) is 1. The highest BCUT2D eigenvalue weighted by atomic mass is 16.3. The van der Waals surface area contributed by atoms with Crippen LogP contribution in [0.5, 0.6) is 5.75 Å². The summed E-state index contributed by atoms with van der Waals surface area (Å²) in [7, 11) is 0. The van der Waals surface area contributed by atoms with Gasteiger partial charge in [-0.05, 0) is 70.4 Å². The van der Waals surface area contributed by atoms with Crippen molar-refractivity contribution in [1.29, 1.82) is 0 Å². The summed E-state index contributed by atoms with van der Waals surface area (Å²) in [5, 5.41) is 11.4. The highest BCUT2D eigenvalue weighted by Crippen LogP contribution is 2.43. The molecule has 1 nitrogen and oxygen atoms in total. The van der Waals surface area contributed by atoms with Gasteiger partial charge >= 0.3 is 0 Å². The van der Waals surface area contributed by atoms with Gasteiger partial charge in [-0.3, -0.25) is 0 Å². The van der Waals surface area contributed by atoms with Gasteiger partial charge in [-0.15, -0.1) is 0 Å². The number of aromatic hydroxyl groups is 1. The first-order valence-corrected chi connectivity index (χ1v) is 11.3. The lowest BCUT2D eigenvalue weighted by molar-refractivity contribution is 0.436. The van der Waals surface area contributed by atoms with Crippen LogP contribution in [0, 0.1) is 6.92 Å². The fourth-order valence-electron chi connectivity index (χ4n) is 4.51. The fourth-order valence-corrected chi connectivity index (χ4v) is 4.51. The van der Waals surface area contributed by atoms with Crippen LogP contribution in [0.1, 0.15) is 114 Å². The Balaban J connectivity index is 2.82.